The second-order valence-corrected chi connectivity index (χ2v) is 4.63. The Hall–Kier alpha value is -1.02. The van der Waals surface area contributed by atoms with Gasteiger partial charge in [-0.05, 0) is 36.9 Å². The molecule has 2 aliphatic heterocycles. The minimum absolute atomic E-state index is 0.590. The van der Waals surface area contributed by atoms with Gasteiger partial charge in [0.05, 0.1) is 0 Å². The molecule has 0 bridgehead atoms. The lowest BCUT2D eigenvalue weighted by Gasteiger charge is -2.36. The third-order valence-electron chi connectivity index (χ3n) is 3.86. The maximum atomic E-state index is 3.68. The monoisotopic (exact) mass is 202 g/mol. The maximum absolute atomic E-state index is 3.68. The first-order valence-electron chi connectivity index (χ1n) is 5.99. The van der Waals surface area contributed by atoms with Crippen LogP contribution in [0.2, 0.25) is 0 Å². The summed E-state index contributed by atoms with van der Waals surface area (Å²) < 4.78 is 0. The summed E-state index contributed by atoms with van der Waals surface area (Å²) in [6.45, 7) is 3.45. The molecule has 2 heterocycles. The first-order chi connectivity index (χ1) is 7.40. The molecule has 80 valence electrons. The summed E-state index contributed by atoms with van der Waals surface area (Å²) in [6.07, 6.45) is 2.53. The van der Waals surface area contributed by atoms with Crippen LogP contribution in [0.5, 0.6) is 0 Å². The van der Waals surface area contributed by atoms with Gasteiger partial charge < -0.3 is 10.6 Å². The van der Waals surface area contributed by atoms with E-state index in [1.165, 1.54) is 30.6 Å². The molecule has 3 rings (SSSR count). The van der Waals surface area contributed by atoms with Crippen LogP contribution in [0, 0.1) is 5.92 Å². The van der Waals surface area contributed by atoms with Crippen molar-refractivity contribution in [2.75, 3.05) is 11.9 Å². The molecule has 0 spiro atoms. The minimum atomic E-state index is 0.590. The van der Waals surface area contributed by atoms with Gasteiger partial charge in [-0.2, -0.15) is 0 Å². The van der Waals surface area contributed by atoms with E-state index in [0.717, 1.165) is 5.92 Å². The Bertz CT molecular complexity index is 361. The van der Waals surface area contributed by atoms with Gasteiger partial charge in [0.2, 0.25) is 0 Å². The molecule has 2 N–H and O–H groups in total. The van der Waals surface area contributed by atoms with E-state index in [4.69, 9.17) is 0 Å². The highest BCUT2D eigenvalue weighted by atomic mass is 15.0. The van der Waals surface area contributed by atoms with Gasteiger partial charge in [0.1, 0.15) is 0 Å². The van der Waals surface area contributed by atoms with Gasteiger partial charge in [-0.15, -0.1) is 0 Å². The number of rotatable bonds is 1. The van der Waals surface area contributed by atoms with Crippen LogP contribution in [0.4, 0.5) is 5.69 Å². The Morgan fingerprint density at radius 2 is 2.20 bits per heavy atom. The fourth-order valence-corrected chi connectivity index (χ4v) is 3.11. The summed E-state index contributed by atoms with van der Waals surface area (Å²) in [7, 11) is 0. The molecule has 0 radical (unpaired) electrons. The lowest BCUT2D eigenvalue weighted by atomic mass is 9.82. The van der Waals surface area contributed by atoms with Crippen LogP contribution in [0.25, 0.3) is 0 Å². The van der Waals surface area contributed by atoms with Crippen molar-refractivity contribution >= 4 is 5.69 Å². The summed E-state index contributed by atoms with van der Waals surface area (Å²) >= 11 is 0. The number of para-hydroxylation sites is 1. The highest BCUT2D eigenvalue weighted by molar-refractivity contribution is 5.56. The van der Waals surface area contributed by atoms with Crippen LogP contribution in [0.1, 0.15) is 31.4 Å². The number of benzene rings is 1. The molecule has 3 unspecified atom stereocenters. The van der Waals surface area contributed by atoms with E-state index in [1.54, 1.807) is 0 Å². The average molecular weight is 202 g/mol. The van der Waals surface area contributed by atoms with Crippen molar-refractivity contribution < 1.29 is 0 Å². The molecule has 2 nitrogen and oxygen atoms in total. The molecule has 0 saturated carbocycles. The van der Waals surface area contributed by atoms with Crippen molar-refractivity contribution in [1.82, 2.24) is 5.32 Å². The van der Waals surface area contributed by atoms with Gasteiger partial charge in [0.15, 0.2) is 0 Å². The molecular formula is C13H18N2. The van der Waals surface area contributed by atoms with E-state index in [1.807, 2.05) is 0 Å². The number of anilines is 1. The van der Waals surface area contributed by atoms with Crippen LogP contribution in [-0.2, 0) is 0 Å². The fraction of sp³-hybridized carbons (Fsp3) is 0.538. The van der Waals surface area contributed by atoms with Crippen molar-refractivity contribution in [2.24, 2.45) is 5.92 Å². The van der Waals surface area contributed by atoms with Gasteiger partial charge in [-0.25, -0.2) is 0 Å². The normalized spacial score (nSPS) is 33.0. The number of nitrogens with one attached hydrogen (secondary N) is 2. The quantitative estimate of drug-likeness (QED) is 0.731. The van der Waals surface area contributed by atoms with Gasteiger partial charge >= 0.3 is 0 Å². The van der Waals surface area contributed by atoms with E-state index >= 15 is 0 Å². The third kappa shape index (κ3) is 1.36. The second kappa shape index (κ2) is 3.53. The standard InChI is InChI=1S/C13H18N2/c1-2-11-10-7-8-14-13(10)9-5-3-4-6-12(9)15-11/h3-6,10-11,13-15H,2,7-8H2,1H3. The smallest absolute Gasteiger partial charge is 0.0391 e. The molecule has 1 saturated heterocycles. The Morgan fingerprint density at radius 3 is 3.07 bits per heavy atom. The van der Waals surface area contributed by atoms with Crippen LogP contribution in [0.3, 0.4) is 0 Å². The third-order valence-corrected chi connectivity index (χ3v) is 3.86. The van der Waals surface area contributed by atoms with E-state index < -0.39 is 0 Å². The van der Waals surface area contributed by atoms with Gasteiger partial charge in [-0.3, -0.25) is 0 Å². The van der Waals surface area contributed by atoms with Crippen molar-refractivity contribution in [3.63, 3.8) is 0 Å². The molecule has 2 aliphatic rings. The zero-order valence-corrected chi connectivity index (χ0v) is 9.16. The van der Waals surface area contributed by atoms with Crippen molar-refractivity contribution in [1.29, 1.82) is 0 Å². The topological polar surface area (TPSA) is 24.1 Å². The Balaban J connectivity index is 2.03. The number of hydrogen-bond donors (Lipinski definition) is 2. The molecule has 0 aromatic heterocycles. The van der Waals surface area contributed by atoms with Crippen molar-refractivity contribution in [2.45, 2.75) is 31.8 Å². The number of fused-ring (bicyclic) bond motifs is 3. The van der Waals surface area contributed by atoms with E-state index in [0.29, 0.717) is 12.1 Å². The Kier molecular flexibility index (Phi) is 2.17. The maximum Gasteiger partial charge on any atom is 0.0391 e. The highest BCUT2D eigenvalue weighted by Crippen LogP contribution is 2.41. The lowest BCUT2D eigenvalue weighted by Crippen LogP contribution is -2.37. The molecule has 0 aliphatic carbocycles. The largest absolute Gasteiger partial charge is 0.382 e. The molecule has 2 heteroatoms. The van der Waals surface area contributed by atoms with Crippen LogP contribution in [0.15, 0.2) is 24.3 Å². The van der Waals surface area contributed by atoms with Gasteiger partial charge in [-0.1, -0.05) is 25.1 Å². The molecule has 1 aromatic carbocycles. The number of hydrogen-bond acceptors (Lipinski definition) is 2. The summed E-state index contributed by atoms with van der Waals surface area (Å²) in [5.41, 5.74) is 2.80. The first kappa shape index (κ1) is 9.22. The molecule has 1 aromatic rings. The predicted molar refractivity (Wildman–Crippen MR) is 63.0 cm³/mol. The summed E-state index contributed by atoms with van der Waals surface area (Å²) in [5, 5.41) is 7.32. The van der Waals surface area contributed by atoms with Crippen molar-refractivity contribution in [3.05, 3.63) is 29.8 Å². The van der Waals surface area contributed by atoms with Crippen LogP contribution < -0.4 is 10.6 Å². The first-order valence-corrected chi connectivity index (χ1v) is 5.99. The van der Waals surface area contributed by atoms with Crippen molar-refractivity contribution in [3.8, 4) is 0 Å². The minimum Gasteiger partial charge on any atom is -0.382 e. The van der Waals surface area contributed by atoms with E-state index in [2.05, 4.69) is 41.8 Å². The van der Waals surface area contributed by atoms with Gasteiger partial charge in [0.25, 0.3) is 0 Å². The summed E-state index contributed by atoms with van der Waals surface area (Å²) in [5.74, 6) is 0.782. The zero-order chi connectivity index (χ0) is 10.3. The van der Waals surface area contributed by atoms with Crippen LogP contribution in [-0.4, -0.2) is 12.6 Å². The Labute approximate surface area is 91.1 Å². The van der Waals surface area contributed by atoms with Crippen LogP contribution >= 0.6 is 0 Å². The molecule has 15 heavy (non-hydrogen) atoms. The Morgan fingerprint density at radius 1 is 1.33 bits per heavy atom. The second-order valence-electron chi connectivity index (χ2n) is 4.63. The van der Waals surface area contributed by atoms with Gasteiger partial charge in [0, 0.05) is 17.8 Å². The average Bonchev–Trinajstić information content (AvgIpc) is 2.77. The molecular weight excluding hydrogens is 184 g/mol. The zero-order valence-electron chi connectivity index (χ0n) is 9.16. The molecule has 3 atom stereocenters. The molecule has 1 fully saturated rings. The summed E-state index contributed by atoms with van der Waals surface area (Å²) in [6, 6.07) is 9.96. The predicted octanol–water partition coefficient (Wildman–Crippen LogP) is 2.54. The fourth-order valence-electron chi connectivity index (χ4n) is 3.11. The molecule has 0 amide bonds. The van der Waals surface area contributed by atoms with E-state index in [-0.39, 0.29) is 0 Å². The highest BCUT2D eigenvalue weighted by Gasteiger charge is 2.38. The summed E-state index contributed by atoms with van der Waals surface area (Å²) in [4.78, 5) is 0. The SMILES string of the molecule is CCC1Nc2ccccc2C2NCCC12. The van der Waals surface area contributed by atoms with E-state index in [9.17, 15) is 0 Å². The lowest BCUT2D eigenvalue weighted by molar-refractivity contribution is 0.376.